The van der Waals surface area contributed by atoms with E-state index in [-0.39, 0.29) is 30.0 Å². The lowest BCUT2D eigenvalue weighted by Gasteiger charge is -2.73. The van der Waals surface area contributed by atoms with Crippen LogP contribution in [-0.2, 0) is 14.3 Å². The van der Waals surface area contributed by atoms with Gasteiger partial charge in [-0.25, -0.2) is 23.8 Å². The van der Waals surface area contributed by atoms with Crippen molar-refractivity contribution >= 4 is 35.1 Å². The van der Waals surface area contributed by atoms with Crippen LogP contribution in [0.4, 0.5) is 9.18 Å². The number of nitrogens with one attached hydrogen (secondary N) is 1. The van der Waals surface area contributed by atoms with Crippen LogP contribution in [0, 0.1) is 18.2 Å². The van der Waals surface area contributed by atoms with Crippen LogP contribution in [0.2, 0.25) is 0 Å². The Kier molecular flexibility index (Phi) is 7.21. The van der Waals surface area contributed by atoms with E-state index in [1.54, 1.807) is 32.2 Å². The van der Waals surface area contributed by atoms with Crippen molar-refractivity contribution in [2.45, 2.75) is 56.8 Å². The lowest BCUT2D eigenvalue weighted by atomic mass is 9.37. The summed E-state index contributed by atoms with van der Waals surface area (Å²) in [6, 6.07) is 3.84. The Bertz CT molecular complexity index is 1610. The number of ether oxygens (including phenoxy) is 1. The van der Waals surface area contributed by atoms with E-state index in [9.17, 15) is 29.0 Å². The topological polar surface area (TPSA) is 148 Å². The highest BCUT2D eigenvalue weighted by molar-refractivity contribution is 7.11. The van der Waals surface area contributed by atoms with Crippen LogP contribution >= 0.6 is 11.3 Å². The molecular weight excluding hydrogens is 603 g/mol. The second kappa shape index (κ2) is 10.9. The van der Waals surface area contributed by atoms with E-state index in [0.717, 1.165) is 0 Å². The van der Waals surface area contributed by atoms with E-state index in [0.29, 0.717) is 85.2 Å². The normalized spacial score (nSPS) is 29.8. The lowest BCUT2D eigenvalue weighted by Crippen LogP contribution is -2.78. The first-order valence-corrected chi connectivity index (χ1v) is 16.0. The fourth-order valence-electron chi connectivity index (χ4n) is 7.95. The van der Waals surface area contributed by atoms with E-state index in [1.807, 2.05) is 15.2 Å². The minimum atomic E-state index is -1.40. The Morgan fingerprint density at radius 3 is 2.71 bits per heavy atom. The third-order valence-electron chi connectivity index (χ3n) is 10.1. The monoisotopic (exact) mass is 638 g/mol. The van der Waals surface area contributed by atoms with Crippen LogP contribution in [0.3, 0.4) is 0 Å². The summed E-state index contributed by atoms with van der Waals surface area (Å²) in [5, 5.41) is 25.3. The number of carbonyl (C=O) groups excluding carboxylic acids is 2. The molecule has 2 amide bonds. The number of thiazole rings is 1. The highest BCUT2D eigenvalue weighted by Gasteiger charge is 2.75. The first-order chi connectivity index (χ1) is 21.6. The molecular formula is C31H35FN6O6S. The second-order valence-corrected chi connectivity index (χ2v) is 13.6. The fourth-order valence-corrected chi connectivity index (χ4v) is 8.54. The van der Waals surface area contributed by atoms with Gasteiger partial charge in [-0.2, -0.15) is 0 Å². The number of benzene rings is 1. The summed E-state index contributed by atoms with van der Waals surface area (Å²) in [5.74, 6) is -1.64. The first-order valence-electron chi connectivity index (χ1n) is 15.2. The van der Waals surface area contributed by atoms with Gasteiger partial charge in [0.25, 0.3) is 0 Å². The van der Waals surface area contributed by atoms with Gasteiger partial charge in [0.2, 0.25) is 0 Å². The molecule has 2 saturated heterocycles. The molecule has 0 radical (unpaired) electrons. The number of halogens is 1. The van der Waals surface area contributed by atoms with Crippen molar-refractivity contribution in [1.82, 2.24) is 25.0 Å². The van der Waals surface area contributed by atoms with Gasteiger partial charge in [-0.15, -0.1) is 11.3 Å². The average Bonchev–Trinajstić information content (AvgIpc) is 3.61. The molecule has 8 rings (SSSR count). The van der Waals surface area contributed by atoms with Crippen molar-refractivity contribution in [1.29, 1.82) is 0 Å². The third kappa shape index (κ3) is 4.72. The minimum Gasteiger partial charge on any atom is -0.479 e. The molecule has 3 unspecified atom stereocenters. The zero-order chi connectivity index (χ0) is 31.7. The predicted molar refractivity (Wildman–Crippen MR) is 161 cm³/mol. The summed E-state index contributed by atoms with van der Waals surface area (Å²) in [7, 11) is 0. The van der Waals surface area contributed by atoms with Gasteiger partial charge in [0.15, 0.2) is 16.9 Å². The molecule has 3 N–H and O–H groups in total. The standard InChI is InChI=1S/C31H35FN6O6S/c1-3-44-28(42)22-21(34-25(26-33-7-10-45-26)35-23(22)19-5-4-6-20(32)17(19)2)13-36-8-9-37-18(11-36)12-38(29(37)43)31-14-30(15-31,16-31)24(39)27(40)41/h4-7,10,18,23-24,39H,3,8-9,11-16H2,1-2H3,(H,34,35)(H,40,41). The summed E-state index contributed by atoms with van der Waals surface area (Å²) in [5.41, 5.74) is 0.871. The Morgan fingerprint density at radius 2 is 2.02 bits per heavy atom. The van der Waals surface area contributed by atoms with Crippen molar-refractivity contribution < 1.29 is 33.7 Å². The number of carboxylic acid groups (broad SMARTS) is 1. The number of rotatable bonds is 9. The van der Waals surface area contributed by atoms with Crippen molar-refractivity contribution in [3.05, 3.63) is 63.0 Å². The van der Waals surface area contributed by atoms with Gasteiger partial charge in [-0.05, 0) is 50.3 Å². The van der Waals surface area contributed by atoms with Crippen LogP contribution in [-0.4, -0.2) is 111 Å². The van der Waals surface area contributed by atoms with Gasteiger partial charge < -0.3 is 30.1 Å². The van der Waals surface area contributed by atoms with Crippen molar-refractivity contribution in [2.24, 2.45) is 10.4 Å². The van der Waals surface area contributed by atoms with Crippen LogP contribution in [0.15, 0.2) is 46.0 Å². The molecule has 238 valence electrons. The molecule has 14 heteroatoms. The molecule has 3 atom stereocenters. The van der Waals surface area contributed by atoms with E-state index in [4.69, 9.17) is 9.73 Å². The quantitative estimate of drug-likeness (QED) is 0.352. The number of piperazine rings is 1. The predicted octanol–water partition coefficient (Wildman–Crippen LogP) is 2.29. The summed E-state index contributed by atoms with van der Waals surface area (Å²) in [6.45, 7) is 6.07. The molecule has 0 spiro atoms. The SMILES string of the molecule is CCOC(=O)C1=C(CN2CCN3C(=O)N(C45CC(C(O)C(=O)O)(C4)C5)CC3C2)NC(c2nccs2)=NC1c1cccc(F)c1C. The molecule has 3 aliphatic heterocycles. The molecule has 12 nitrogen and oxygen atoms in total. The Hall–Kier alpha value is -3.88. The summed E-state index contributed by atoms with van der Waals surface area (Å²) in [4.78, 5) is 53.6. The highest BCUT2D eigenvalue weighted by atomic mass is 32.1. The zero-order valence-electron chi connectivity index (χ0n) is 25.0. The van der Waals surface area contributed by atoms with Gasteiger partial charge in [-0.3, -0.25) is 9.89 Å². The maximum Gasteiger partial charge on any atom is 0.338 e. The minimum absolute atomic E-state index is 0.0418. The number of urea groups is 1. The van der Waals surface area contributed by atoms with Crippen molar-refractivity contribution in [3.8, 4) is 0 Å². The largest absolute Gasteiger partial charge is 0.479 e. The average molecular weight is 639 g/mol. The van der Waals surface area contributed by atoms with Gasteiger partial charge in [-0.1, -0.05) is 12.1 Å². The molecule has 4 heterocycles. The molecule has 1 aromatic heterocycles. The maximum absolute atomic E-state index is 14.8. The van der Waals surface area contributed by atoms with E-state index in [2.05, 4.69) is 15.2 Å². The van der Waals surface area contributed by atoms with Gasteiger partial charge >= 0.3 is 18.0 Å². The van der Waals surface area contributed by atoms with E-state index in [1.165, 1.54) is 17.4 Å². The van der Waals surface area contributed by atoms with Crippen LogP contribution < -0.4 is 5.32 Å². The molecule has 2 bridgehead atoms. The smallest absolute Gasteiger partial charge is 0.338 e. The zero-order valence-corrected chi connectivity index (χ0v) is 25.8. The number of aliphatic hydroxyl groups is 1. The van der Waals surface area contributed by atoms with Crippen molar-refractivity contribution in [2.75, 3.05) is 39.3 Å². The number of hydrogen-bond donors (Lipinski definition) is 3. The van der Waals surface area contributed by atoms with Gasteiger partial charge in [0.05, 0.1) is 18.2 Å². The molecule has 5 fully saturated rings. The van der Waals surface area contributed by atoms with E-state index < -0.39 is 29.5 Å². The first kappa shape index (κ1) is 29.8. The van der Waals surface area contributed by atoms with Crippen LogP contribution in [0.1, 0.15) is 48.4 Å². The molecule has 3 saturated carbocycles. The highest BCUT2D eigenvalue weighted by Crippen LogP contribution is 2.72. The summed E-state index contributed by atoms with van der Waals surface area (Å²) >= 11 is 1.40. The number of aliphatic carboxylic acids is 1. The number of carboxylic acids is 1. The summed E-state index contributed by atoms with van der Waals surface area (Å²) < 4.78 is 20.3. The number of amides is 2. The number of esters is 1. The summed E-state index contributed by atoms with van der Waals surface area (Å²) in [6.07, 6.45) is 1.78. The van der Waals surface area contributed by atoms with Gasteiger partial charge in [0.1, 0.15) is 11.9 Å². The van der Waals surface area contributed by atoms with Crippen LogP contribution in [0.25, 0.3) is 0 Å². The third-order valence-corrected chi connectivity index (χ3v) is 10.9. The van der Waals surface area contributed by atoms with Gasteiger partial charge in [0, 0.05) is 61.0 Å². The number of carbonyl (C=O) groups is 3. The molecule has 1 aromatic carbocycles. The number of fused-ring (bicyclic) bond motifs is 1. The van der Waals surface area contributed by atoms with Crippen LogP contribution in [0.5, 0.6) is 0 Å². The molecule has 3 aliphatic carbocycles. The molecule has 6 aliphatic rings. The number of hydrogen-bond acceptors (Lipinski definition) is 10. The van der Waals surface area contributed by atoms with E-state index >= 15 is 0 Å². The number of amidine groups is 1. The number of aliphatic imine (C=N–C) groups is 1. The molecule has 2 aromatic rings. The molecule has 45 heavy (non-hydrogen) atoms. The number of nitrogens with zero attached hydrogens (tertiary/aromatic N) is 5. The lowest BCUT2D eigenvalue weighted by molar-refractivity contribution is -0.249. The number of aliphatic hydroxyl groups excluding tert-OH is 1. The number of aromatic nitrogens is 1. The van der Waals surface area contributed by atoms with Crippen molar-refractivity contribution in [3.63, 3.8) is 0 Å². The maximum atomic E-state index is 14.8. The second-order valence-electron chi connectivity index (χ2n) is 12.7. The Labute approximate surface area is 263 Å². The Morgan fingerprint density at radius 1 is 1.24 bits per heavy atom. The Balaban J connectivity index is 1.14. The fraction of sp³-hybridized carbons (Fsp3) is 0.516.